The molecule has 0 bridgehead atoms. The number of nitrogens with zero attached hydrogens (tertiary/aromatic N) is 1. The van der Waals surface area contributed by atoms with Crippen molar-refractivity contribution in [2.24, 2.45) is 0 Å². The zero-order valence-corrected chi connectivity index (χ0v) is 14.5. The SMILES string of the molecule is N#C/C(=C\c1ccc(F)cc1F)C(=O)Nc1ccccc1Oc1ccccc1. The van der Waals surface area contributed by atoms with Crippen molar-refractivity contribution < 1.29 is 18.3 Å². The lowest BCUT2D eigenvalue weighted by Gasteiger charge is -2.12. The summed E-state index contributed by atoms with van der Waals surface area (Å²) in [5, 5.41) is 11.9. The van der Waals surface area contributed by atoms with E-state index >= 15 is 0 Å². The Labute approximate surface area is 160 Å². The number of nitrogens with one attached hydrogen (secondary N) is 1. The van der Waals surface area contributed by atoms with E-state index in [2.05, 4.69) is 5.32 Å². The van der Waals surface area contributed by atoms with Crippen molar-refractivity contribution in [3.8, 4) is 17.6 Å². The third kappa shape index (κ3) is 4.59. The van der Waals surface area contributed by atoms with Gasteiger partial charge in [0.05, 0.1) is 5.69 Å². The lowest BCUT2D eigenvalue weighted by molar-refractivity contribution is -0.112. The number of benzene rings is 3. The summed E-state index contributed by atoms with van der Waals surface area (Å²) in [6, 6.07) is 20.3. The van der Waals surface area contributed by atoms with Crippen LogP contribution < -0.4 is 10.1 Å². The zero-order valence-electron chi connectivity index (χ0n) is 14.5. The fourth-order valence-corrected chi connectivity index (χ4v) is 2.39. The molecule has 0 aliphatic carbocycles. The van der Waals surface area contributed by atoms with Crippen molar-refractivity contribution in [1.29, 1.82) is 5.26 Å². The molecule has 0 saturated heterocycles. The van der Waals surface area contributed by atoms with Crippen molar-refractivity contribution in [3.05, 3.63) is 95.6 Å². The molecule has 3 aromatic carbocycles. The number of amides is 1. The summed E-state index contributed by atoms with van der Waals surface area (Å²) in [5.74, 6) is -1.39. The normalized spacial score (nSPS) is 10.8. The van der Waals surface area contributed by atoms with E-state index in [9.17, 15) is 18.8 Å². The fourth-order valence-electron chi connectivity index (χ4n) is 2.39. The van der Waals surface area contributed by atoms with Crippen LogP contribution in [-0.2, 0) is 4.79 Å². The van der Waals surface area contributed by atoms with Crippen LogP contribution in [0.15, 0.2) is 78.4 Å². The molecule has 0 aliphatic rings. The predicted octanol–water partition coefficient (Wildman–Crippen LogP) is 5.30. The summed E-state index contributed by atoms with van der Waals surface area (Å²) in [7, 11) is 0. The summed E-state index contributed by atoms with van der Waals surface area (Å²) >= 11 is 0. The van der Waals surface area contributed by atoms with Crippen molar-refractivity contribution in [2.45, 2.75) is 0 Å². The van der Waals surface area contributed by atoms with E-state index in [1.54, 1.807) is 42.5 Å². The number of ether oxygens (including phenoxy) is 1. The second kappa shape index (κ2) is 8.60. The van der Waals surface area contributed by atoms with Gasteiger partial charge in [-0.25, -0.2) is 8.78 Å². The van der Waals surface area contributed by atoms with Crippen molar-refractivity contribution in [3.63, 3.8) is 0 Å². The van der Waals surface area contributed by atoms with Gasteiger partial charge in [-0.2, -0.15) is 5.26 Å². The number of carbonyl (C=O) groups is 1. The molecule has 6 heteroatoms. The third-order valence-corrected chi connectivity index (χ3v) is 3.73. The molecule has 0 radical (unpaired) electrons. The Bertz CT molecular complexity index is 1070. The van der Waals surface area contributed by atoms with Crippen LogP contribution >= 0.6 is 0 Å². The molecule has 0 aliphatic heterocycles. The summed E-state index contributed by atoms with van der Waals surface area (Å²) in [6.45, 7) is 0. The van der Waals surface area contributed by atoms with Crippen molar-refractivity contribution in [1.82, 2.24) is 0 Å². The molecule has 1 amide bonds. The van der Waals surface area contributed by atoms with E-state index in [1.165, 1.54) is 0 Å². The number of hydrogen-bond acceptors (Lipinski definition) is 3. The first-order valence-electron chi connectivity index (χ1n) is 8.27. The molecule has 0 fully saturated rings. The highest BCUT2D eigenvalue weighted by Crippen LogP contribution is 2.29. The molecule has 3 aromatic rings. The molecule has 3 rings (SSSR count). The second-order valence-electron chi connectivity index (χ2n) is 5.70. The highest BCUT2D eigenvalue weighted by atomic mass is 19.1. The smallest absolute Gasteiger partial charge is 0.266 e. The maximum absolute atomic E-state index is 13.8. The van der Waals surface area contributed by atoms with Crippen LogP contribution in [-0.4, -0.2) is 5.91 Å². The van der Waals surface area contributed by atoms with E-state index in [1.807, 2.05) is 18.2 Å². The van der Waals surface area contributed by atoms with Gasteiger partial charge in [-0.1, -0.05) is 30.3 Å². The maximum Gasteiger partial charge on any atom is 0.266 e. The molecule has 0 saturated carbocycles. The Hall–Kier alpha value is -3.98. The Morgan fingerprint density at radius 2 is 1.71 bits per heavy atom. The van der Waals surface area contributed by atoms with E-state index in [0.717, 1.165) is 18.2 Å². The van der Waals surface area contributed by atoms with Crippen LogP contribution in [0.1, 0.15) is 5.56 Å². The lowest BCUT2D eigenvalue weighted by Crippen LogP contribution is -2.14. The summed E-state index contributed by atoms with van der Waals surface area (Å²) in [4.78, 5) is 12.5. The molecule has 0 unspecified atom stereocenters. The third-order valence-electron chi connectivity index (χ3n) is 3.73. The lowest BCUT2D eigenvalue weighted by atomic mass is 10.1. The van der Waals surface area contributed by atoms with Crippen LogP contribution in [0.3, 0.4) is 0 Å². The number of nitriles is 1. The first-order valence-corrected chi connectivity index (χ1v) is 8.27. The molecule has 0 heterocycles. The molecular weight excluding hydrogens is 362 g/mol. The van der Waals surface area contributed by atoms with Gasteiger partial charge in [0.2, 0.25) is 0 Å². The fraction of sp³-hybridized carbons (Fsp3) is 0. The predicted molar refractivity (Wildman–Crippen MR) is 102 cm³/mol. The van der Waals surface area contributed by atoms with Crippen LogP contribution in [0.4, 0.5) is 14.5 Å². The van der Waals surface area contributed by atoms with E-state index in [-0.39, 0.29) is 11.1 Å². The topological polar surface area (TPSA) is 62.1 Å². The highest BCUT2D eigenvalue weighted by molar-refractivity contribution is 6.10. The molecule has 1 N–H and O–H groups in total. The van der Waals surface area contributed by atoms with E-state index < -0.39 is 17.5 Å². The molecule has 4 nitrogen and oxygen atoms in total. The van der Waals surface area contributed by atoms with E-state index in [0.29, 0.717) is 23.3 Å². The molecule has 0 spiro atoms. The molecular formula is C22H14F2N2O2. The number of hydrogen-bond donors (Lipinski definition) is 1. The van der Waals surface area contributed by atoms with Gasteiger partial charge in [-0.3, -0.25) is 4.79 Å². The maximum atomic E-state index is 13.8. The summed E-state index contributed by atoms with van der Waals surface area (Å²) < 4.78 is 32.6. The molecule has 28 heavy (non-hydrogen) atoms. The largest absolute Gasteiger partial charge is 0.455 e. The molecule has 138 valence electrons. The second-order valence-corrected chi connectivity index (χ2v) is 5.70. The summed E-state index contributed by atoms with van der Waals surface area (Å²) in [6.07, 6.45) is 1.06. The van der Waals surface area contributed by atoms with Gasteiger partial charge in [0.15, 0.2) is 5.75 Å². The minimum Gasteiger partial charge on any atom is -0.455 e. The average Bonchev–Trinajstić information content (AvgIpc) is 2.69. The number of rotatable bonds is 5. The number of halogens is 2. The van der Waals surface area contributed by atoms with Gasteiger partial charge in [0.1, 0.15) is 29.0 Å². The van der Waals surface area contributed by atoms with Gasteiger partial charge in [-0.05, 0) is 42.5 Å². The number of carbonyl (C=O) groups excluding carboxylic acids is 1. The average molecular weight is 376 g/mol. The Morgan fingerprint density at radius 3 is 2.43 bits per heavy atom. The van der Waals surface area contributed by atoms with Crippen LogP contribution in [0.25, 0.3) is 6.08 Å². The van der Waals surface area contributed by atoms with Crippen molar-refractivity contribution >= 4 is 17.7 Å². The Kier molecular flexibility index (Phi) is 5.78. The quantitative estimate of drug-likeness (QED) is 0.485. The Morgan fingerprint density at radius 1 is 1.00 bits per heavy atom. The van der Waals surface area contributed by atoms with Crippen LogP contribution in [0, 0.1) is 23.0 Å². The molecule has 0 atom stereocenters. The molecule has 0 aromatic heterocycles. The van der Waals surface area contributed by atoms with Crippen LogP contribution in [0.5, 0.6) is 11.5 Å². The van der Waals surface area contributed by atoms with Gasteiger partial charge in [0, 0.05) is 11.6 Å². The number of para-hydroxylation sites is 3. The first-order chi connectivity index (χ1) is 13.6. The van der Waals surface area contributed by atoms with Gasteiger partial charge < -0.3 is 10.1 Å². The number of anilines is 1. The Balaban J connectivity index is 1.84. The zero-order chi connectivity index (χ0) is 19.9. The van der Waals surface area contributed by atoms with Gasteiger partial charge >= 0.3 is 0 Å². The van der Waals surface area contributed by atoms with E-state index in [4.69, 9.17) is 4.74 Å². The van der Waals surface area contributed by atoms with Gasteiger partial charge in [0.25, 0.3) is 5.91 Å². The summed E-state index contributed by atoms with van der Waals surface area (Å²) in [5.41, 5.74) is -0.0565. The van der Waals surface area contributed by atoms with Crippen molar-refractivity contribution in [2.75, 3.05) is 5.32 Å². The monoisotopic (exact) mass is 376 g/mol. The minimum absolute atomic E-state index is 0.0677. The minimum atomic E-state index is -0.867. The standard InChI is InChI=1S/C22H14F2N2O2/c23-17-11-10-15(19(24)13-17)12-16(14-25)22(27)26-20-8-4-5-9-21(20)28-18-6-2-1-3-7-18/h1-13H,(H,26,27)/b16-12+. The first kappa shape index (κ1) is 18.8. The highest BCUT2D eigenvalue weighted by Gasteiger charge is 2.14. The van der Waals surface area contributed by atoms with Crippen LogP contribution in [0.2, 0.25) is 0 Å². The van der Waals surface area contributed by atoms with Gasteiger partial charge in [-0.15, -0.1) is 0 Å².